The van der Waals surface area contributed by atoms with E-state index in [4.69, 9.17) is 5.73 Å². The van der Waals surface area contributed by atoms with Crippen LogP contribution in [0.5, 0.6) is 0 Å². The summed E-state index contributed by atoms with van der Waals surface area (Å²) in [5, 5.41) is 0.699. The highest BCUT2D eigenvalue weighted by molar-refractivity contribution is 6.00. The van der Waals surface area contributed by atoms with E-state index < -0.39 is 17.6 Å². The lowest BCUT2D eigenvalue weighted by Gasteiger charge is -2.13. The highest BCUT2D eigenvalue weighted by Gasteiger charge is 2.31. The van der Waals surface area contributed by atoms with Crippen LogP contribution in [0.25, 0.3) is 28.0 Å². The number of rotatable bonds is 4. The minimum atomic E-state index is -4.50. The molecule has 4 aromatic rings. The van der Waals surface area contributed by atoms with Crippen LogP contribution in [-0.4, -0.2) is 25.4 Å². The number of aromatic amines is 1. The molecule has 0 spiro atoms. The molecule has 0 aliphatic heterocycles. The largest absolute Gasteiger partial charge is 0.416 e. The van der Waals surface area contributed by atoms with Crippen LogP contribution in [0.4, 0.5) is 13.2 Å². The van der Waals surface area contributed by atoms with E-state index in [-0.39, 0.29) is 5.56 Å². The predicted molar refractivity (Wildman–Crippen MR) is 102 cm³/mol. The van der Waals surface area contributed by atoms with E-state index in [1.807, 2.05) is 6.92 Å². The van der Waals surface area contributed by atoms with Gasteiger partial charge in [0, 0.05) is 24.2 Å². The average Bonchev–Trinajstić information content (AvgIpc) is 3.33. The van der Waals surface area contributed by atoms with Crippen molar-refractivity contribution in [2.45, 2.75) is 19.5 Å². The smallest absolute Gasteiger partial charge is 0.366 e. The van der Waals surface area contributed by atoms with E-state index in [2.05, 4.69) is 15.0 Å². The number of amides is 1. The van der Waals surface area contributed by atoms with Crippen molar-refractivity contribution in [3.63, 3.8) is 0 Å². The van der Waals surface area contributed by atoms with E-state index in [9.17, 15) is 18.0 Å². The highest BCUT2D eigenvalue weighted by atomic mass is 19.4. The molecule has 0 fully saturated rings. The highest BCUT2D eigenvalue weighted by Crippen LogP contribution is 2.36. The molecule has 0 aliphatic carbocycles. The van der Waals surface area contributed by atoms with Gasteiger partial charge in [0.2, 0.25) is 0 Å². The monoisotopic (exact) mass is 399 g/mol. The zero-order valence-electron chi connectivity index (χ0n) is 15.3. The van der Waals surface area contributed by atoms with Gasteiger partial charge < -0.3 is 15.3 Å². The first kappa shape index (κ1) is 18.7. The maximum atomic E-state index is 13.3. The number of aryl methyl sites for hydroxylation is 1. The van der Waals surface area contributed by atoms with Gasteiger partial charge in [0.25, 0.3) is 5.91 Å². The number of nitrogens with one attached hydrogen (secondary N) is 1. The first-order valence-corrected chi connectivity index (χ1v) is 8.80. The number of hydrogen-bond acceptors (Lipinski definition) is 3. The minimum Gasteiger partial charge on any atom is -0.366 e. The van der Waals surface area contributed by atoms with Crippen molar-refractivity contribution in [2.75, 3.05) is 0 Å². The fourth-order valence-corrected chi connectivity index (χ4v) is 3.36. The van der Waals surface area contributed by atoms with Crippen molar-refractivity contribution >= 4 is 16.9 Å². The summed E-state index contributed by atoms with van der Waals surface area (Å²) in [6.45, 7) is 1.83. The molecule has 0 saturated heterocycles. The Kier molecular flexibility index (Phi) is 4.37. The van der Waals surface area contributed by atoms with Crippen molar-refractivity contribution in [1.29, 1.82) is 0 Å². The quantitative estimate of drug-likeness (QED) is 0.542. The van der Waals surface area contributed by atoms with E-state index in [0.717, 1.165) is 12.1 Å². The number of nitrogens with two attached hydrogens (primary N) is 1. The Morgan fingerprint density at radius 1 is 1.17 bits per heavy atom. The number of alkyl halides is 3. The van der Waals surface area contributed by atoms with Crippen LogP contribution < -0.4 is 5.73 Å². The lowest BCUT2D eigenvalue weighted by atomic mass is 9.95. The third-order valence-corrected chi connectivity index (χ3v) is 4.78. The van der Waals surface area contributed by atoms with Crippen LogP contribution in [0.1, 0.15) is 28.4 Å². The fraction of sp³-hybridized carbons (Fsp3) is 0.150. The Balaban J connectivity index is 1.96. The third kappa shape index (κ3) is 3.24. The summed E-state index contributed by atoms with van der Waals surface area (Å²) in [6, 6.07) is 5.29. The molecule has 0 radical (unpaired) electrons. The lowest BCUT2D eigenvalue weighted by molar-refractivity contribution is -0.137. The molecule has 3 N–H and O–H groups in total. The molecule has 4 rings (SSSR count). The molecule has 29 heavy (non-hydrogen) atoms. The summed E-state index contributed by atoms with van der Waals surface area (Å²) in [4.78, 5) is 23.4. The van der Waals surface area contributed by atoms with Crippen LogP contribution in [-0.2, 0) is 12.6 Å². The van der Waals surface area contributed by atoms with Crippen LogP contribution in [0.3, 0.4) is 0 Å². The van der Waals surface area contributed by atoms with E-state index in [0.29, 0.717) is 40.0 Å². The van der Waals surface area contributed by atoms with Crippen LogP contribution >= 0.6 is 0 Å². The number of nitrogens with zero attached hydrogens (tertiary/aromatic N) is 3. The molecule has 9 heteroatoms. The second-order valence-electron chi connectivity index (χ2n) is 6.52. The van der Waals surface area contributed by atoms with E-state index >= 15 is 0 Å². The number of carbonyl (C=O) groups is 1. The maximum Gasteiger partial charge on any atom is 0.416 e. The van der Waals surface area contributed by atoms with Gasteiger partial charge in [0.1, 0.15) is 17.8 Å². The van der Waals surface area contributed by atoms with Crippen molar-refractivity contribution in [3.8, 4) is 16.9 Å². The number of hydrogen-bond donors (Lipinski definition) is 2. The van der Waals surface area contributed by atoms with Crippen LogP contribution in [0, 0.1) is 0 Å². The van der Waals surface area contributed by atoms with E-state index in [1.54, 1.807) is 23.0 Å². The summed E-state index contributed by atoms with van der Waals surface area (Å²) in [6.07, 6.45) is 2.10. The number of aromatic nitrogens is 4. The summed E-state index contributed by atoms with van der Waals surface area (Å²) in [7, 11) is 0. The van der Waals surface area contributed by atoms with Gasteiger partial charge in [-0.1, -0.05) is 13.0 Å². The molecular weight excluding hydrogens is 383 g/mol. The molecule has 148 valence electrons. The van der Waals surface area contributed by atoms with Gasteiger partial charge in [-0.15, -0.1) is 0 Å². The normalized spacial score (nSPS) is 11.9. The summed E-state index contributed by atoms with van der Waals surface area (Å²) in [5.74, 6) is -0.257. The third-order valence-electron chi connectivity index (χ3n) is 4.78. The zero-order chi connectivity index (χ0) is 20.8. The van der Waals surface area contributed by atoms with Crippen molar-refractivity contribution in [2.24, 2.45) is 5.73 Å². The molecule has 0 bridgehead atoms. The van der Waals surface area contributed by atoms with Crippen molar-refractivity contribution in [1.82, 2.24) is 19.5 Å². The van der Waals surface area contributed by atoms with Gasteiger partial charge in [0.15, 0.2) is 0 Å². The summed E-state index contributed by atoms with van der Waals surface area (Å²) >= 11 is 0. The van der Waals surface area contributed by atoms with Gasteiger partial charge in [-0.25, -0.2) is 9.97 Å². The van der Waals surface area contributed by atoms with E-state index in [1.165, 1.54) is 18.6 Å². The molecule has 1 aromatic carbocycles. The maximum absolute atomic E-state index is 13.3. The molecule has 0 saturated carbocycles. The predicted octanol–water partition coefficient (Wildman–Crippen LogP) is 4.10. The topological polar surface area (TPSA) is 89.6 Å². The number of benzene rings is 1. The molecule has 3 aromatic heterocycles. The van der Waals surface area contributed by atoms with Crippen molar-refractivity contribution in [3.05, 3.63) is 65.9 Å². The Hall–Kier alpha value is -3.62. The van der Waals surface area contributed by atoms with Crippen LogP contribution in [0.15, 0.2) is 49.2 Å². The molecule has 1 amide bonds. The summed E-state index contributed by atoms with van der Waals surface area (Å²) < 4.78 is 41.4. The Labute approximate surface area is 163 Å². The number of halogens is 3. The van der Waals surface area contributed by atoms with Gasteiger partial charge in [-0.3, -0.25) is 4.79 Å². The molecule has 0 atom stereocenters. The van der Waals surface area contributed by atoms with Crippen molar-refractivity contribution < 1.29 is 18.0 Å². The Bertz CT molecular complexity index is 1220. The lowest BCUT2D eigenvalue weighted by Crippen LogP contribution is -2.12. The first-order valence-electron chi connectivity index (χ1n) is 8.80. The van der Waals surface area contributed by atoms with Gasteiger partial charge in [-0.2, -0.15) is 13.2 Å². The minimum absolute atomic E-state index is 0.112. The van der Waals surface area contributed by atoms with Gasteiger partial charge in [-0.05, 0) is 35.7 Å². The van der Waals surface area contributed by atoms with Crippen LogP contribution in [0.2, 0.25) is 0 Å². The number of H-pyrrole nitrogens is 1. The molecule has 6 nitrogen and oxygen atoms in total. The molecule has 0 unspecified atom stereocenters. The second kappa shape index (κ2) is 6.77. The summed E-state index contributed by atoms with van der Waals surface area (Å²) in [5.41, 5.74) is 6.77. The van der Waals surface area contributed by atoms with Gasteiger partial charge >= 0.3 is 6.18 Å². The Morgan fingerprint density at radius 3 is 2.66 bits per heavy atom. The molecule has 3 heterocycles. The standard InChI is InChI=1S/C20H16F3N5O/c1-2-11-3-4-12(20(21,22)23)7-14(11)15-8-28(9-16(15)17(24)29)19-13-5-6-25-18(13)26-10-27-19/h3-10H,2H2,1H3,(H2,24,29)(H,25,26,27). The number of primary amides is 1. The Morgan fingerprint density at radius 2 is 1.97 bits per heavy atom. The number of carbonyl (C=O) groups excluding carboxylic acids is 1. The SMILES string of the molecule is CCc1ccc(C(F)(F)F)cc1-c1cn(-c2ncnc3[nH]ccc23)cc1C(N)=O. The molecule has 0 aliphatic rings. The second-order valence-corrected chi connectivity index (χ2v) is 6.52. The molecular formula is C20H16F3N5O. The fourth-order valence-electron chi connectivity index (χ4n) is 3.36. The number of fused-ring (bicyclic) bond motifs is 1. The zero-order valence-corrected chi connectivity index (χ0v) is 15.3. The average molecular weight is 399 g/mol. The first-order chi connectivity index (χ1) is 13.8. The van der Waals surface area contributed by atoms with Gasteiger partial charge in [0.05, 0.1) is 16.5 Å².